The molecule has 0 aliphatic carbocycles. The summed E-state index contributed by atoms with van der Waals surface area (Å²) < 4.78 is 2.00. The molecule has 1 aliphatic rings. The molecule has 1 aromatic carbocycles. The van der Waals surface area contributed by atoms with Crippen molar-refractivity contribution in [3.8, 4) is 5.82 Å². The Kier molecular flexibility index (Phi) is 5.19. The summed E-state index contributed by atoms with van der Waals surface area (Å²) in [7, 11) is 0. The minimum Gasteiger partial charge on any atom is -0.338 e. The van der Waals surface area contributed by atoms with Gasteiger partial charge in [-0.2, -0.15) is 0 Å². The average Bonchev–Trinajstić information content (AvgIpc) is 3.24. The molecule has 0 spiro atoms. The normalized spacial score (nSPS) is 17.1. The summed E-state index contributed by atoms with van der Waals surface area (Å²) in [5.41, 5.74) is 1.68. The molecule has 0 bridgehead atoms. The number of piperidine rings is 1. The van der Waals surface area contributed by atoms with Crippen molar-refractivity contribution in [1.82, 2.24) is 24.4 Å². The lowest BCUT2D eigenvalue weighted by Gasteiger charge is -2.32. The maximum absolute atomic E-state index is 12.8. The molecule has 3 heterocycles. The Labute approximate surface area is 165 Å². The van der Waals surface area contributed by atoms with E-state index in [1.807, 2.05) is 52.2 Å². The number of benzene rings is 1. The van der Waals surface area contributed by atoms with Crippen LogP contribution in [0.3, 0.4) is 0 Å². The predicted molar refractivity (Wildman–Crippen MR) is 108 cm³/mol. The van der Waals surface area contributed by atoms with Gasteiger partial charge in [0, 0.05) is 49.1 Å². The smallest absolute Gasteiger partial charge is 0.253 e. The zero-order chi connectivity index (χ0) is 19.5. The largest absolute Gasteiger partial charge is 0.338 e. The van der Waals surface area contributed by atoms with Crippen LogP contribution in [-0.4, -0.2) is 43.4 Å². The molecule has 3 aromatic rings. The highest BCUT2D eigenvalue weighted by atomic mass is 16.2. The number of rotatable bonds is 4. The van der Waals surface area contributed by atoms with Gasteiger partial charge in [0.2, 0.25) is 0 Å². The second kappa shape index (κ2) is 7.92. The van der Waals surface area contributed by atoms with Gasteiger partial charge in [-0.15, -0.1) is 0 Å². The number of hydrogen-bond acceptors (Lipinski definition) is 4. The quantitative estimate of drug-likeness (QED) is 0.696. The Hall–Kier alpha value is -3.02. The van der Waals surface area contributed by atoms with E-state index < -0.39 is 0 Å². The van der Waals surface area contributed by atoms with Gasteiger partial charge in [-0.3, -0.25) is 14.3 Å². The first-order chi connectivity index (χ1) is 13.6. The highest BCUT2D eigenvalue weighted by Crippen LogP contribution is 2.27. The van der Waals surface area contributed by atoms with Gasteiger partial charge in [0.05, 0.1) is 11.9 Å². The third-order valence-electron chi connectivity index (χ3n) is 5.22. The second-order valence-corrected chi connectivity index (χ2v) is 7.57. The zero-order valence-electron chi connectivity index (χ0n) is 16.3. The van der Waals surface area contributed by atoms with Crippen molar-refractivity contribution in [2.75, 3.05) is 13.1 Å². The van der Waals surface area contributed by atoms with Crippen molar-refractivity contribution in [1.29, 1.82) is 0 Å². The molecule has 1 atom stereocenters. The van der Waals surface area contributed by atoms with Gasteiger partial charge in [-0.1, -0.05) is 32.0 Å². The fourth-order valence-electron chi connectivity index (χ4n) is 3.79. The van der Waals surface area contributed by atoms with Crippen molar-refractivity contribution in [3.63, 3.8) is 0 Å². The van der Waals surface area contributed by atoms with E-state index in [-0.39, 0.29) is 11.8 Å². The minimum absolute atomic E-state index is 0.0890. The summed E-state index contributed by atoms with van der Waals surface area (Å²) in [6.07, 6.45) is 9.30. The van der Waals surface area contributed by atoms with Crippen molar-refractivity contribution >= 4 is 5.91 Å². The van der Waals surface area contributed by atoms with Crippen LogP contribution >= 0.6 is 0 Å². The number of carbonyl (C=O) groups is 1. The summed E-state index contributed by atoms with van der Waals surface area (Å²) in [6.45, 7) is 5.69. The molecule has 1 fully saturated rings. The second-order valence-electron chi connectivity index (χ2n) is 7.57. The molecule has 28 heavy (non-hydrogen) atoms. The number of carbonyl (C=O) groups excluding carboxylic acids is 1. The molecule has 0 N–H and O–H groups in total. The molecule has 6 nitrogen and oxygen atoms in total. The van der Waals surface area contributed by atoms with Crippen LogP contribution in [0.4, 0.5) is 0 Å². The van der Waals surface area contributed by atoms with Gasteiger partial charge in [0.15, 0.2) is 5.82 Å². The highest BCUT2D eigenvalue weighted by molar-refractivity contribution is 5.94. The van der Waals surface area contributed by atoms with E-state index in [4.69, 9.17) is 4.98 Å². The molecule has 6 heteroatoms. The van der Waals surface area contributed by atoms with E-state index in [0.29, 0.717) is 12.5 Å². The Bertz CT molecular complexity index is 950. The first kappa shape index (κ1) is 18.3. The first-order valence-corrected chi connectivity index (χ1v) is 9.83. The summed E-state index contributed by atoms with van der Waals surface area (Å²) in [5.74, 6) is 2.33. The summed E-state index contributed by atoms with van der Waals surface area (Å²) in [4.78, 5) is 28.5. The lowest BCUT2D eigenvalue weighted by molar-refractivity contribution is 0.0706. The molecular weight excluding hydrogens is 350 g/mol. The van der Waals surface area contributed by atoms with Crippen LogP contribution in [0.15, 0.2) is 55.1 Å². The molecule has 144 valence electrons. The molecule has 1 amide bonds. The zero-order valence-corrected chi connectivity index (χ0v) is 16.3. The first-order valence-electron chi connectivity index (χ1n) is 9.83. The fourth-order valence-corrected chi connectivity index (χ4v) is 3.79. The monoisotopic (exact) mass is 375 g/mol. The van der Waals surface area contributed by atoms with Gasteiger partial charge >= 0.3 is 0 Å². The fraction of sp³-hybridized carbons (Fsp3) is 0.364. The highest BCUT2D eigenvalue weighted by Gasteiger charge is 2.27. The van der Waals surface area contributed by atoms with Crippen LogP contribution in [0.1, 0.15) is 60.4 Å². The van der Waals surface area contributed by atoms with Crippen molar-refractivity contribution in [3.05, 3.63) is 72.2 Å². The number of amides is 1. The molecule has 4 rings (SSSR count). The summed E-state index contributed by atoms with van der Waals surface area (Å²) in [6, 6.07) is 9.48. The van der Waals surface area contributed by atoms with Crippen molar-refractivity contribution in [2.24, 2.45) is 0 Å². The number of imidazole rings is 1. The SMILES string of the molecule is CC(C)c1nccn1-c1cncc([C@H]2CCCN(C(=O)c3ccccc3)C2)n1. The van der Waals surface area contributed by atoms with Crippen LogP contribution in [0.25, 0.3) is 5.82 Å². The maximum atomic E-state index is 12.8. The molecule has 1 aliphatic heterocycles. The lowest BCUT2D eigenvalue weighted by atomic mass is 9.94. The summed E-state index contributed by atoms with van der Waals surface area (Å²) in [5, 5.41) is 0. The molecule has 0 radical (unpaired) electrons. The topological polar surface area (TPSA) is 63.9 Å². The van der Waals surface area contributed by atoms with Crippen LogP contribution in [0.5, 0.6) is 0 Å². The van der Waals surface area contributed by atoms with E-state index in [2.05, 4.69) is 23.8 Å². The standard InChI is InChI=1S/C22H25N5O/c1-16(2)21-24-10-12-27(21)20-14-23-13-19(25-20)18-9-6-11-26(15-18)22(28)17-7-4-3-5-8-17/h3-5,7-8,10,12-14,16,18H,6,9,11,15H2,1-2H3/t18-/m0/s1. The lowest BCUT2D eigenvalue weighted by Crippen LogP contribution is -2.39. The van der Waals surface area contributed by atoms with E-state index in [1.54, 1.807) is 12.4 Å². The van der Waals surface area contributed by atoms with Gasteiger partial charge in [-0.25, -0.2) is 9.97 Å². The molecular formula is C22H25N5O. The maximum Gasteiger partial charge on any atom is 0.253 e. The average molecular weight is 375 g/mol. The van der Waals surface area contributed by atoms with E-state index >= 15 is 0 Å². The number of likely N-dealkylation sites (tertiary alicyclic amines) is 1. The van der Waals surface area contributed by atoms with Crippen molar-refractivity contribution < 1.29 is 4.79 Å². The van der Waals surface area contributed by atoms with E-state index in [0.717, 1.165) is 42.3 Å². The van der Waals surface area contributed by atoms with Crippen LogP contribution in [0.2, 0.25) is 0 Å². The third kappa shape index (κ3) is 3.67. The number of hydrogen-bond donors (Lipinski definition) is 0. The Balaban J connectivity index is 1.56. The molecule has 2 aromatic heterocycles. The Morgan fingerprint density at radius 1 is 1.18 bits per heavy atom. The molecule has 0 unspecified atom stereocenters. The van der Waals surface area contributed by atoms with Crippen molar-refractivity contribution in [2.45, 2.75) is 38.5 Å². The minimum atomic E-state index is 0.0890. The van der Waals surface area contributed by atoms with Crippen LogP contribution in [-0.2, 0) is 0 Å². The molecule has 0 saturated carbocycles. The molecule has 1 saturated heterocycles. The summed E-state index contributed by atoms with van der Waals surface area (Å²) >= 11 is 0. The van der Waals surface area contributed by atoms with E-state index in [9.17, 15) is 4.79 Å². The van der Waals surface area contributed by atoms with Gasteiger partial charge in [-0.05, 0) is 25.0 Å². The van der Waals surface area contributed by atoms with Crippen LogP contribution < -0.4 is 0 Å². The Morgan fingerprint density at radius 2 is 2.00 bits per heavy atom. The third-order valence-corrected chi connectivity index (χ3v) is 5.22. The van der Waals surface area contributed by atoms with Gasteiger partial charge < -0.3 is 4.90 Å². The van der Waals surface area contributed by atoms with Gasteiger partial charge in [0.25, 0.3) is 5.91 Å². The number of aromatic nitrogens is 4. The van der Waals surface area contributed by atoms with Crippen LogP contribution in [0, 0.1) is 0 Å². The predicted octanol–water partition coefficient (Wildman–Crippen LogP) is 3.81. The Morgan fingerprint density at radius 3 is 2.79 bits per heavy atom. The van der Waals surface area contributed by atoms with E-state index in [1.165, 1.54) is 0 Å². The van der Waals surface area contributed by atoms with Gasteiger partial charge in [0.1, 0.15) is 5.82 Å². The number of nitrogens with zero attached hydrogens (tertiary/aromatic N) is 5.